The summed E-state index contributed by atoms with van der Waals surface area (Å²) in [7, 11) is 0. The Hall–Kier alpha value is -1.47. The lowest BCUT2D eigenvalue weighted by Crippen LogP contribution is -2.48. The predicted octanol–water partition coefficient (Wildman–Crippen LogP) is 3.24. The van der Waals surface area contributed by atoms with E-state index in [4.69, 9.17) is 10.5 Å². The highest BCUT2D eigenvalue weighted by Gasteiger charge is 2.32. The average Bonchev–Trinajstić information content (AvgIpc) is 3.06. The van der Waals surface area contributed by atoms with Crippen molar-refractivity contribution in [3.05, 3.63) is 51.0 Å². The molecule has 1 amide bonds. The molecule has 1 aliphatic rings. The van der Waals surface area contributed by atoms with Crippen LogP contribution in [0.1, 0.15) is 45.2 Å². The summed E-state index contributed by atoms with van der Waals surface area (Å²) in [5.74, 6) is -0.0444. The zero-order chi connectivity index (χ0) is 17.3. The molecule has 1 aromatic carbocycles. The van der Waals surface area contributed by atoms with Crippen LogP contribution < -0.4 is 5.73 Å². The molecular formula is C18H24ClN3O2S. The van der Waals surface area contributed by atoms with E-state index in [0.29, 0.717) is 25.4 Å². The van der Waals surface area contributed by atoms with Crippen LogP contribution in [0.25, 0.3) is 0 Å². The summed E-state index contributed by atoms with van der Waals surface area (Å²) in [6, 6.07) is 6.37. The largest absolute Gasteiger partial charge is 0.370 e. The van der Waals surface area contributed by atoms with Crippen molar-refractivity contribution in [2.24, 2.45) is 5.73 Å². The molecule has 1 saturated heterocycles. The Morgan fingerprint density at radius 2 is 2.20 bits per heavy atom. The molecule has 5 nitrogen and oxygen atoms in total. The van der Waals surface area contributed by atoms with E-state index in [1.807, 2.05) is 11.8 Å². The van der Waals surface area contributed by atoms with Crippen LogP contribution in [0.2, 0.25) is 0 Å². The molecule has 0 aliphatic carbocycles. The topological polar surface area (TPSA) is 68.5 Å². The highest BCUT2D eigenvalue weighted by Crippen LogP contribution is 2.29. The number of aromatic nitrogens is 1. The van der Waals surface area contributed by atoms with Gasteiger partial charge in [-0.05, 0) is 31.9 Å². The van der Waals surface area contributed by atoms with Crippen LogP contribution in [-0.2, 0) is 11.3 Å². The van der Waals surface area contributed by atoms with Gasteiger partial charge in [0.2, 0.25) is 0 Å². The van der Waals surface area contributed by atoms with Gasteiger partial charge in [-0.15, -0.1) is 23.7 Å². The summed E-state index contributed by atoms with van der Waals surface area (Å²) in [6.07, 6.45) is -0.0994. The Labute approximate surface area is 158 Å². The highest BCUT2D eigenvalue weighted by molar-refractivity contribution is 7.09. The van der Waals surface area contributed by atoms with Crippen molar-refractivity contribution in [3.8, 4) is 0 Å². The third kappa shape index (κ3) is 4.20. The van der Waals surface area contributed by atoms with Gasteiger partial charge < -0.3 is 15.4 Å². The van der Waals surface area contributed by atoms with Gasteiger partial charge in [0, 0.05) is 11.9 Å². The molecule has 0 spiro atoms. The number of carbonyl (C=O) groups is 1. The van der Waals surface area contributed by atoms with Gasteiger partial charge in [-0.1, -0.05) is 23.8 Å². The number of hydrogen-bond acceptors (Lipinski definition) is 5. The van der Waals surface area contributed by atoms with Crippen molar-refractivity contribution in [3.63, 3.8) is 0 Å². The van der Waals surface area contributed by atoms with E-state index in [1.54, 1.807) is 5.38 Å². The highest BCUT2D eigenvalue weighted by atomic mass is 35.5. The maximum atomic E-state index is 12.8. The number of hydrogen-bond donors (Lipinski definition) is 1. The van der Waals surface area contributed by atoms with E-state index in [1.165, 1.54) is 22.5 Å². The fourth-order valence-corrected chi connectivity index (χ4v) is 3.63. The molecule has 0 saturated carbocycles. The number of aryl methyl sites for hydroxylation is 2. The molecule has 1 aromatic heterocycles. The maximum Gasteiger partial charge on any atom is 0.273 e. The minimum atomic E-state index is -0.0994. The van der Waals surface area contributed by atoms with Crippen molar-refractivity contribution < 1.29 is 9.53 Å². The second-order valence-corrected chi connectivity index (χ2v) is 7.26. The minimum absolute atomic E-state index is 0. The molecule has 1 aliphatic heterocycles. The van der Waals surface area contributed by atoms with Crippen molar-refractivity contribution in [1.29, 1.82) is 0 Å². The number of nitrogens with two attached hydrogens (primary N) is 1. The van der Waals surface area contributed by atoms with Crippen molar-refractivity contribution in [1.82, 2.24) is 9.88 Å². The van der Waals surface area contributed by atoms with E-state index in [-0.39, 0.29) is 30.5 Å². The van der Waals surface area contributed by atoms with Crippen LogP contribution in [0.5, 0.6) is 0 Å². The van der Waals surface area contributed by atoms with Crippen LogP contribution in [0, 0.1) is 13.8 Å². The molecular weight excluding hydrogens is 358 g/mol. The van der Waals surface area contributed by atoms with Gasteiger partial charge in [0.25, 0.3) is 5.91 Å². The predicted molar refractivity (Wildman–Crippen MR) is 102 cm³/mol. The molecule has 0 bridgehead atoms. The molecule has 136 valence electrons. The SMILES string of the molecule is Cc1ccc(C)c(C2CN(C(=O)c3csc(CN)n3)C(C)CO2)c1.Cl. The van der Waals surface area contributed by atoms with Crippen LogP contribution in [0.15, 0.2) is 23.6 Å². The van der Waals surface area contributed by atoms with Gasteiger partial charge in [-0.2, -0.15) is 0 Å². The molecule has 2 N–H and O–H groups in total. The Balaban J connectivity index is 0.00000225. The second-order valence-electron chi connectivity index (χ2n) is 6.32. The molecule has 25 heavy (non-hydrogen) atoms. The summed E-state index contributed by atoms with van der Waals surface area (Å²) in [5, 5.41) is 2.57. The Morgan fingerprint density at radius 3 is 2.88 bits per heavy atom. The lowest BCUT2D eigenvalue weighted by atomic mass is 9.98. The number of morpholine rings is 1. The quantitative estimate of drug-likeness (QED) is 0.886. The summed E-state index contributed by atoms with van der Waals surface area (Å²) in [4.78, 5) is 19.0. The monoisotopic (exact) mass is 381 g/mol. The second kappa shape index (κ2) is 8.27. The van der Waals surface area contributed by atoms with Crippen molar-refractivity contribution >= 4 is 29.7 Å². The number of halogens is 1. The molecule has 1 fully saturated rings. The lowest BCUT2D eigenvalue weighted by Gasteiger charge is -2.38. The van der Waals surface area contributed by atoms with E-state index < -0.39 is 0 Å². The smallest absolute Gasteiger partial charge is 0.273 e. The van der Waals surface area contributed by atoms with E-state index in [2.05, 4.69) is 37.0 Å². The summed E-state index contributed by atoms with van der Waals surface area (Å²) < 4.78 is 6.02. The third-order valence-corrected chi connectivity index (χ3v) is 5.29. The van der Waals surface area contributed by atoms with Gasteiger partial charge in [0.05, 0.1) is 19.2 Å². The van der Waals surface area contributed by atoms with E-state index in [9.17, 15) is 4.79 Å². The Kier molecular flexibility index (Phi) is 6.57. The zero-order valence-corrected chi connectivity index (χ0v) is 16.3. The van der Waals surface area contributed by atoms with Gasteiger partial charge in [-0.25, -0.2) is 4.98 Å². The molecule has 2 unspecified atom stereocenters. The first-order chi connectivity index (χ1) is 11.5. The van der Waals surface area contributed by atoms with E-state index in [0.717, 1.165) is 10.6 Å². The number of nitrogens with zero attached hydrogens (tertiary/aromatic N) is 2. The first-order valence-electron chi connectivity index (χ1n) is 8.13. The Morgan fingerprint density at radius 1 is 1.44 bits per heavy atom. The number of rotatable bonds is 3. The van der Waals surface area contributed by atoms with Gasteiger partial charge >= 0.3 is 0 Å². The zero-order valence-electron chi connectivity index (χ0n) is 14.7. The van der Waals surface area contributed by atoms with Crippen molar-refractivity contribution in [2.45, 2.75) is 39.5 Å². The average molecular weight is 382 g/mol. The molecule has 0 radical (unpaired) electrons. The molecule has 7 heteroatoms. The maximum absolute atomic E-state index is 12.8. The number of benzene rings is 1. The Bertz CT molecular complexity index is 750. The van der Waals surface area contributed by atoms with Crippen molar-refractivity contribution in [2.75, 3.05) is 13.2 Å². The summed E-state index contributed by atoms with van der Waals surface area (Å²) in [6.45, 7) is 7.59. The third-order valence-electron chi connectivity index (χ3n) is 4.42. The van der Waals surface area contributed by atoms with Crippen LogP contribution >= 0.6 is 23.7 Å². The first-order valence-corrected chi connectivity index (χ1v) is 9.01. The van der Waals surface area contributed by atoms with Gasteiger partial charge in [0.1, 0.15) is 16.8 Å². The minimum Gasteiger partial charge on any atom is -0.370 e. The summed E-state index contributed by atoms with van der Waals surface area (Å²) >= 11 is 1.43. The van der Waals surface area contributed by atoms with E-state index >= 15 is 0 Å². The van der Waals surface area contributed by atoms with Gasteiger partial charge in [0.15, 0.2) is 0 Å². The summed E-state index contributed by atoms with van der Waals surface area (Å²) in [5.41, 5.74) is 9.62. The lowest BCUT2D eigenvalue weighted by molar-refractivity contribution is -0.0490. The first kappa shape index (κ1) is 19.8. The molecule has 3 rings (SSSR count). The fourth-order valence-electron chi connectivity index (χ4n) is 2.98. The standard InChI is InChI=1S/C18H23N3O2S.ClH/c1-11-4-5-12(2)14(6-11)16-8-21(13(3)9-23-16)18(22)15-10-24-17(7-19)20-15;/h4-6,10,13,16H,7-9,19H2,1-3H3;1H. The fraction of sp³-hybridized carbons (Fsp3) is 0.444. The van der Waals surface area contributed by atoms with Crippen LogP contribution in [-0.4, -0.2) is 35.0 Å². The number of carbonyl (C=O) groups excluding carboxylic acids is 1. The number of thiazole rings is 1. The number of ether oxygens (including phenoxy) is 1. The molecule has 2 atom stereocenters. The van der Waals surface area contributed by atoms with Gasteiger partial charge in [-0.3, -0.25) is 4.79 Å². The molecule has 2 heterocycles. The van der Waals surface area contributed by atoms with Crippen LogP contribution in [0.4, 0.5) is 0 Å². The number of amides is 1. The normalized spacial score (nSPS) is 20.2. The van der Waals surface area contributed by atoms with Crippen LogP contribution in [0.3, 0.4) is 0 Å². The molecule has 2 aromatic rings.